The first-order valence-electron chi connectivity index (χ1n) is 2.26. The molecule has 3 N–H and O–H groups in total. The zero-order valence-corrected chi connectivity index (χ0v) is 5.23. The Balaban J connectivity index is 3.16. The summed E-state index contributed by atoms with van der Waals surface area (Å²) in [5.41, 5.74) is 0. The smallest absolute Gasteiger partial charge is 0.307 e. The van der Waals surface area contributed by atoms with Crippen LogP contribution in [0.3, 0.4) is 0 Å². The van der Waals surface area contributed by atoms with Gasteiger partial charge in [-0.15, -0.1) is 0 Å². The SMILES string of the molecule is O=c1[nH]c(O)c(CO)s1. The van der Waals surface area contributed by atoms with Crippen LogP contribution in [0.5, 0.6) is 5.88 Å². The molecule has 0 atom stereocenters. The number of aromatic hydroxyl groups is 1. The van der Waals surface area contributed by atoms with Crippen LogP contribution in [0, 0.1) is 0 Å². The Kier molecular flexibility index (Phi) is 1.54. The predicted molar refractivity (Wildman–Crippen MR) is 32.5 cm³/mol. The van der Waals surface area contributed by atoms with Gasteiger partial charge >= 0.3 is 4.87 Å². The Hall–Kier alpha value is -0.810. The Morgan fingerprint density at radius 3 is 2.56 bits per heavy atom. The van der Waals surface area contributed by atoms with E-state index in [0.29, 0.717) is 0 Å². The molecule has 1 aromatic heterocycles. The van der Waals surface area contributed by atoms with Crippen molar-refractivity contribution >= 4 is 11.3 Å². The highest BCUT2D eigenvalue weighted by Gasteiger charge is 2.02. The number of rotatable bonds is 1. The average Bonchev–Trinajstić information content (AvgIpc) is 2.10. The van der Waals surface area contributed by atoms with Gasteiger partial charge in [0.05, 0.1) is 11.5 Å². The van der Waals surface area contributed by atoms with E-state index in [-0.39, 0.29) is 22.2 Å². The molecule has 50 valence electrons. The number of aliphatic hydroxyl groups excluding tert-OH is 1. The van der Waals surface area contributed by atoms with Crippen LogP contribution in [0.2, 0.25) is 0 Å². The lowest BCUT2D eigenvalue weighted by Crippen LogP contribution is -1.89. The van der Waals surface area contributed by atoms with Crippen LogP contribution in [0.15, 0.2) is 4.79 Å². The standard InChI is InChI=1S/C4H5NO3S/c6-1-2-3(7)5-4(8)9-2/h6-7H,1H2,(H,5,8). The fourth-order valence-electron chi connectivity index (χ4n) is 0.459. The summed E-state index contributed by atoms with van der Waals surface area (Å²) in [6.45, 7) is -0.296. The number of nitrogens with one attached hydrogen (secondary N) is 1. The molecule has 1 rings (SSSR count). The molecule has 0 bridgehead atoms. The largest absolute Gasteiger partial charge is 0.494 e. The minimum absolute atomic E-state index is 0.229. The highest BCUT2D eigenvalue weighted by Crippen LogP contribution is 2.13. The van der Waals surface area contributed by atoms with E-state index >= 15 is 0 Å². The normalized spacial score (nSPS) is 9.89. The number of aliphatic hydroxyl groups is 1. The summed E-state index contributed by atoms with van der Waals surface area (Å²) in [5, 5.41) is 17.1. The van der Waals surface area contributed by atoms with Crippen LogP contribution in [0.1, 0.15) is 4.88 Å². The first kappa shape index (κ1) is 6.31. The Labute approximate surface area is 54.4 Å². The van der Waals surface area contributed by atoms with E-state index in [1.165, 1.54) is 0 Å². The van der Waals surface area contributed by atoms with Gasteiger partial charge in [0.1, 0.15) is 0 Å². The summed E-state index contributed by atoms with van der Waals surface area (Å²) >= 11 is 0.803. The monoisotopic (exact) mass is 147 g/mol. The van der Waals surface area contributed by atoms with Crippen molar-refractivity contribution in [3.63, 3.8) is 0 Å². The molecule has 4 nitrogen and oxygen atoms in total. The zero-order valence-electron chi connectivity index (χ0n) is 4.42. The number of thiazole rings is 1. The topological polar surface area (TPSA) is 73.3 Å². The third-order valence-corrected chi connectivity index (χ3v) is 1.70. The molecule has 0 amide bonds. The summed E-state index contributed by atoms with van der Waals surface area (Å²) in [6, 6.07) is 0. The third-order valence-electron chi connectivity index (χ3n) is 0.844. The van der Waals surface area contributed by atoms with Gasteiger partial charge < -0.3 is 10.2 Å². The summed E-state index contributed by atoms with van der Waals surface area (Å²) in [6.07, 6.45) is 0. The fraction of sp³-hybridized carbons (Fsp3) is 0.250. The molecular weight excluding hydrogens is 142 g/mol. The van der Waals surface area contributed by atoms with E-state index in [1.807, 2.05) is 0 Å². The van der Waals surface area contributed by atoms with E-state index in [0.717, 1.165) is 11.3 Å². The van der Waals surface area contributed by atoms with Gasteiger partial charge in [0, 0.05) is 0 Å². The molecule has 0 aromatic carbocycles. The van der Waals surface area contributed by atoms with Crippen molar-refractivity contribution in [1.29, 1.82) is 0 Å². The van der Waals surface area contributed by atoms with E-state index in [4.69, 9.17) is 10.2 Å². The van der Waals surface area contributed by atoms with Crippen LogP contribution in [-0.2, 0) is 6.61 Å². The highest BCUT2D eigenvalue weighted by molar-refractivity contribution is 7.09. The lowest BCUT2D eigenvalue weighted by molar-refractivity contribution is 0.278. The van der Waals surface area contributed by atoms with Crippen molar-refractivity contribution in [3.05, 3.63) is 14.5 Å². The molecule has 0 aliphatic rings. The van der Waals surface area contributed by atoms with Crippen LogP contribution < -0.4 is 4.87 Å². The average molecular weight is 147 g/mol. The molecule has 9 heavy (non-hydrogen) atoms. The maximum atomic E-state index is 10.4. The summed E-state index contributed by atoms with van der Waals surface area (Å²) < 4.78 is 0. The van der Waals surface area contributed by atoms with E-state index < -0.39 is 0 Å². The summed E-state index contributed by atoms with van der Waals surface area (Å²) in [5.74, 6) is -0.229. The van der Waals surface area contributed by atoms with E-state index in [9.17, 15) is 4.79 Å². The minimum Gasteiger partial charge on any atom is -0.494 e. The first-order chi connectivity index (χ1) is 4.24. The van der Waals surface area contributed by atoms with Gasteiger partial charge in [-0.05, 0) is 0 Å². The molecule has 5 heteroatoms. The summed E-state index contributed by atoms with van der Waals surface area (Å²) in [4.78, 5) is 12.4. The lowest BCUT2D eigenvalue weighted by atomic mass is 10.6. The van der Waals surface area contributed by atoms with Crippen molar-refractivity contribution in [2.75, 3.05) is 0 Å². The van der Waals surface area contributed by atoms with Crippen LogP contribution in [0.4, 0.5) is 0 Å². The lowest BCUT2D eigenvalue weighted by Gasteiger charge is -1.84. The maximum absolute atomic E-state index is 10.4. The quantitative estimate of drug-likeness (QED) is 0.507. The molecule has 0 spiro atoms. The van der Waals surface area contributed by atoms with Gasteiger partial charge in [-0.2, -0.15) is 0 Å². The van der Waals surface area contributed by atoms with E-state index in [1.54, 1.807) is 0 Å². The number of aromatic amines is 1. The number of hydrogen-bond acceptors (Lipinski definition) is 4. The number of H-pyrrole nitrogens is 1. The molecule has 0 aliphatic heterocycles. The Morgan fingerprint density at radius 1 is 1.67 bits per heavy atom. The van der Waals surface area contributed by atoms with Crippen molar-refractivity contribution < 1.29 is 10.2 Å². The predicted octanol–water partition coefficient (Wildman–Crippen LogP) is -0.366. The van der Waals surface area contributed by atoms with Crippen molar-refractivity contribution in [3.8, 4) is 5.88 Å². The molecule has 1 aromatic rings. The van der Waals surface area contributed by atoms with Crippen molar-refractivity contribution in [2.24, 2.45) is 0 Å². The molecule has 0 unspecified atom stereocenters. The van der Waals surface area contributed by atoms with Crippen LogP contribution in [0.25, 0.3) is 0 Å². The third kappa shape index (κ3) is 1.11. The van der Waals surface area contributed by atoms with Crippen LogP contribution >= 0.6 is 11.3 Å². The first-order valence-corrected chi connectivity index (χ1v) is 3.07. The molecule has 0 fully saturated rings. The highest BCUT2D eigenvalue weighted by atomic mass is 32.1. The van der Waals surface area contributed by atoms with Crippen molar-refractivity contribution in [2.45, 2.75) is 6.61 Å². The van der Waals surface area contributed by atoms with Gasteiger partial charge in [-0.3, -0.25) is 9.78 Å². The molecule has 0 aliphatic carbocycles. The van der Waals surface area contributed by atoms with E-state index in [2.05, 4.69) is 4.98 Å². The molecule has 1 heterocycles. The van der Waals surface area contributed by atoms with Gasteiger partial charge in [0.2, 0.25) is 5.88 Å². The number of aromatic nitrogens is 1. The maximum Gasteiger partial charge on any atom is 0.307 e. The van der Waals surface area contributed by atoms with Gasteiger partial charge in [-0.1, -0.05) is 11.3 Å². The number of hydrogen-bond donors (Lipinski definition) is 3. The second-order valence-corrected chi connectivity index (χ2v) is 2.51. The fourth-order valence-corrected chi connectivity index (χ4v) is 1.04. The molecule has 0 saturated carbocycles. The molecular formula is C4H5NO3S. The zero-order chi connectivity index (χ0) is 6.85. The Bertz CT molecular complexity index is 251. The van der Waals surface area contributed by atoms with Gasteiger partial charge in [0.15, 0.2) is 0 Å². The van der Waals surface area contributed by atoms with Crippen molar-refractivity contribution in [1.82, 2.24) is 4.98 Å². The minimum atomic E-state index is -0.350. The summed E-state index contributed by atoms with van der Waals surface area (Å²) in [7, 11) is 0. The molecule has 0 radical (unpaired) electrons. The van der Waals surface area contributed by atoms with Crippen LogP contribution in [-0.4, -0.2) is 15.2 Å². The van der Waals surface area contributed by atoms with Gasteiger partial charge in [0.25, 0.3) is 0 Å². The Morgan fingerprint density at radius 2 is 2.33 bits per heavy atom. The van der Waals surface area contributed by atoms with Gasteiger partial charge in [-0.25, -0.2) is 0 Å². The second-order valence-electron chi connectivity index (χ2n) is 1.44. The molecule has 0 saturated heterocycles. The second kappa shape index (κ2) is 2.20.